The quantitative estimate of drug-likeness (QED) is 0.941. The van der Waals surface area contributed by atoms with Gasteiger partial charge in [0.15, 0.2) is 0 Å². The molecule has 122 valence electrons. The third-order valence-corrected chi connectivity index (χ3v) is 3.71. The summed E-state index contributed by atoms with van der Waals surface area (Å²) in [6.45, 7) is 1.33. The van der Waals surface area contributed by atoms with Gasteiger partial charge in [0, 0.05) is 37.7 Å². The Morgan fingerprint density at radius 3 is 2.57 bits per heavy atom. The van der Waals surface area contributed by atoms with Gasteiger partial charge in [0.1, 0.15) is 5.82 Å². The van der Waals surface area contributed by atoms with Gasteiger partial charge in [0.2, 0.25) is 5.95 Å². The lowest BCUT2D eigenvalue weighted by molar-refractivity contribution is -0.137. The van der Waals surface area contributed by atoms with Crippen LogP contribution in [0.4, 0.5) is 24.9 Å². The molecule has 1 atom stereocenters. The van der Waals surface area contributed by atoms with Gasteiger partial charge in [-0.25, -0.2) is 15.0 Å². The summed E-state index contributed by atoms with van der Waals surface area (Å²) in [7, 11) is 0. The number of piperidine rings is 1. The Bertz CT molecular complexity index is 647. The first-order chi connectivity index (χ1) is 11.0. The molecular weight excluding hydrogens is 307 g/mol. The molecule has 0 amide bonds. The molecule has 5 nitrogen and oxygen atoms in total. The summed E-state index contributed by atoms with van der Waals surface area (Å²) in [6, 6.07) is 3.92. The summed E-state index contributed by atoms with van der Waals surface area (Å²) in [5.41, 5.74) is -0.743. The summed E-state index contributed by atoms with van der Waals surface area (Å²) in [5, 5.41) is 2.93. The minimum absolute atomic E-state index is 0.124. The first-order valence-corrected chi connectivity index (χ1v) is 7.35. The largest absolute Gasteiger partial charge is 0.419 e. The first-order valence-electron chi connectivity index (χ1n) is 7.35. The van der Waals surface area contributed by atoms with Crippen LogP contribution in [0.15, 0.2) is 36.8 Å². The molecule has 1 aliphatic rings. The fraction of sp³-hybridized carbons (Fsp3) is 0.400. The predicted molar refractivity (Wildman–Crippen MR) is 80.1 cm³/mol. The van der Waals surface area contributed by atoms with E-state index in [9.17, 15) is 13.2 Å². The number of halogens is 3. The van der Waals surface area contributed by atoms with Crippen LogP contribution in [-0.4, -0.2) is 34.1 Å². The second-order valence-electron chi connectivity index (χ2n) is 5.38. The van der Waals surface area contributed by atoms with E-state index in [1.165, 1.54) is 12.3 Å². The number of aromatic nitrogens is 3. The first kappa shape index (κ1) is 15.5. The van der Waals surface area contributed by atoms with Gasteiger partial charge in [0.25, 0.3) is 0 Å². The zero-order valence-corrected chi connectivity index (χ0v) is 12.3. The van der Waals surface area contributed by atoms with Crippen LogP contribution in [-0.2, 0) is 6.18 Å². The standard InChI is InChI=1S/C15H16F3N5/c16-15(17,18)12-5-1-6-19-13(12)22-11-4-2-9-23(10-11)14-20-7-3-8-21-14/h1,3,5-8,11H,2,4,9-10H2,(H,19,22)/t11-/m1/s1. The van der Waals surface area contributed by atoms with Crippen molar-refractivity contribution in [2.75, 3.05) is 23.3 Å². The number of anilines is 2. The highest BCUT2D eigenvalue weighted by molar-refractivity contribution is 5.47. The second kappa shape index (κ2) is 6.39. The van der Waals surface area contributed by atoms with Crippen LogP contribution in [0.2, 0.25) is 0 Å². The van der Waals surface area contributed by atoms with Crippen molar-refractivity contribution in [3.8, 4) is 0 Å². The van der Waals surface area contributed by atoms with Gasteiger partial charge < -0.3 is 10.2 Å². The van der Waals surface area contributed by atoms with Gasteiger partial charge >= 0.3 is 6.18 Å². The van der Waals surface area contributed by atoms with Crippen LogP contribution >= 0.6 is 0 Å². The topological polar surface area (TPSA) is 53.9 Å². The molecule has 0 bridgehead atoms. The van der Waals surface area contributed by atoms with E-state index in [4.69, 9.17) is 0 Å². The van der Waals surface area contributed by atoms with Crippen molar-refractivity contribution in [1.29, 1.82) is 0 Å². The molecule has 2 aromatic heterocycles. The van der Waals surface area contributed by atoms with Crippen molar-refractivity contribution in [2.45, 2.75) is 25.1 Å². The minimum atomic E-state index is -4.42. The van der Waals surface area contributed by atoms with E-state index >= 15 is 0 Å². The number of hydrogen-bond acceptors (Lipinski definition) is 5. The molecule has 23 heavy (non-hydrogen) atoms. The number of hydrogen-bond donors (Lipinski definition) is 1. The van der Waals surface area contributed by atoms with Crippen molar-refractivity contribution >= 4 is 11.8 Å². The summed E-state index contributed by atoms with van der Waals surface area (Å²) in [6.07, 6.45) is 1.87. The Morgan fingerprint density at radius 1 is 1.09 bits per heavy atom. The SMILES string of the molecule is FC(F)(F)c1cccnc1N[C@@H]1CCCN(c2ncccn2)C1. The highest BCUT2D eigenvalue weighted by Gasteiger charge is 2.35. The van der Waals surface area contributed by atoms with Gasteiger partial charge in [-0.05, 0) is 31.0 Å². The summed E-state index contributed by atoms with van der Waals surface area (Å²) < 4.78 is 39.1. The van der Waals surface area contributed by atoms with Crippen LogP contribution in [0.3, 0.4) is 0 Å². The molecule has 1 saturated heterocycles. The molecule has 1 fully saturated rings. The normalized spacial score (nSPS) is 18.7. The molecule has 1 aliphatic heterocycles. The highest BCUT2D eigenvalue weighted by atomic mass is 19.4. The smallest absolute Gasteiger partial charge is 0.365 e. The fourth-order valence-corrected chi connectivity index (χ4v) is 2.67. The van der Waals surface area contributed by atoms with Gasteiger partial charge in [-0.1, -0.05) is 0 Å². The molecule has 3 rings (SSSR count). The number of alkyl halides is 3. The zero-order chi connectivity index (χ0) is 16.3. The molecule has 0 radical (unpaired) electrons. The lowest BCUT2D eigenvalue weighted by Crippen LogP contribution is -2.43. The lowest BCUT2D eigenvalue weighted by Gasteiger charge is -2.33. The Kier molecular flexibility index (Phi) is 4.31. The van der Waals surface area contributed by atoms with E-state index in [2.05, 4.69) is 20.3 Å². The Balaban J connectivity index is 1.74. The molecular formula is C15H16F3N5. The molecule has 0 unspecified atom stereocenters. The van der Waals surface area contributed by atoms with E-state index < -0.39 is 11.7 Å². The molecule has 0 aliphatic carbocycles. The van der Waals surface area contributed by atoms with Crippen molar-refractivity contribution in [1.82, 2.24) is 15.0 Å². The van der Waals surface area contributed by atoms with E-state index in [1.807, 2.05) is 4.90 Å². The van der Waals surface area contributed by atoms with E-state index in [0.717, 1.165) is 25.5 Å². The molecule has 0 aromatic carbocycles. The maximum absolute atomic E-state index is 13.0. The van der Waals surface area contributed by atoms with Crippen LogP contribution in [0, 0.1) is 0 Å². The molecule has 0 spiro atoms. The number of rotatable bonds is 3. The number of nitrogens with one attached hydrogen (secondary N) is 1. The maximum Gasteiger partial charge on any atom is 0.419 e. The van der Waals surface area contributed by atoms with Crippen molar-refractivity contribution < 1.29 is 13.2 Å². The minimum Gasteiger partial charge on any atom is -0.365 e. The molecule has 2 aromatic rings. The Morgan fingerprint density at radius 2 is 1.83 bits per heavy atom. The van der Waals surface area contributed by atoms with Crippen LogP contribution < -0.4 is 10.2 Å². The van der Waals surface area contributed by atoms with Crippen LogP contribution in [0.5, 0.6) is 0 Å². The van der Waals surface area contributed by atoms with Crippen molar-refractivity contribution in [3.05, 3.63) is 42.4 Å². The highest BCUT2D eigenvalue weighted by Crippen LogP contribution is 2.34. The van der Waals surface area contributed by atoms with Crippen molar-refractivity contribution in [2.24, 2.45) is 0 Å². The predicted octanol–water partition coefficient (Wildman–Crippen LogP) is 2.97. The monoisotopic (exact) mass is 323 g/mol. The Hall–Kier alpha value is -2.38. The second-order valence-corrected chi connectivity index (χ2v) is 5.38. The number of nitrogens with zero attached hydrogens (tertiary/aromatic N) is 4. The average Bonchev–Trinajstić information content (AvgIpc) is 2.55. The third-order valence-electron chi connectivity index (χ3n) is 3.71. The third kappa shape index (κ3) is 3.69. The maximum atomic E-state index is 13.0. The summed E-state index contributed by atoms with van der Waals surface area (Å²) in [5.74, 6) is 0.469. The summed E-state index contributed by atoms with van der Waals surface area (Å²) >= 11 is 0. The van der Waals surface area contributed by atoms with Crippen LogP contribution in [0.1, 0.15) is 18.4 Å². The van der Waals surface area contributed by atoms with Gasteiger partial charge in [-0.3, -0.25) is 0 Å². The van der Waals surface area contributed by atoms with Gasteiger partial charge in [-0.2, -0.15) is 13.2 Å². The number of pyridine rings is 1. The average molecular weight is 323 g/mol. The summed E-state index contributed by atoms with van der Waals surface area (Å²) in [4.78, 5) is 14.2. The van der Waals surface area contributed by atoms with Gasteiger partial charge in [0.05, 0.1) is 5.56 Å². The zero-order valence-electron chi connectivity index (χ0n) is 12.3. The van der Waals surface area contributed by atoms with Gasteiger partial charge in [-0.15, -0.1) is 0 Å². The van der Waals surface area contributed by atoms with E-state index in [0.29, 0.717) is 12.5 Å². The Labute approximate surface area is 131 Å². The van der Waals surface area contributed by atoms with Crippen molar-refractivity contribution in [3.63, 3.8) is 0 Å². The molecule has 1 N–H and O–H groups in total. The van der Waals surface area contributed by atoms with E-state index in [1.54, 1.807) is 18.5 Å². The molecule has 0 saturated carbocycles. The lowest BCUT2D eigenvalue weighted by atomic mass is 10.1. The van der Waals surface area contributed by atoms with Crippen LogP contribution in [0.25, 0.3) is 0 Å². The molecule has 3 heterocycles. The molecule has 8 heteroatoms. The fourth-order valence-electron chi connectivity index (χ4n) is 2.67. The van der Waals surface area contributed by atoms with E-state index in [-0.39, 0.29) is 11.9 Å².